The molecule has 458 valence electrons. The predicted molar refractivity (Wildman–Crippen MR) is 349 cm³/mol. The molecule has 0 spiro atoms. The van der Waals surface area contributed by atoms with Crippen LogP contribution in [0.1, 0.15) is 48.2 Å². The molecule has 0 aliphatic heterocycles. The van der Waals surface area contributed by atoms with Crippen LogP contribution in [0, 0.1) is 0 Å². The van der Waals surface area contributed by atoms with E-state index in [4.69, 9.17) is 38.0 Å². The normalized spacial score (nSPS) is 11.1. The fourth-order valence-electron chi connectivity index (χ4n) is 8.63. The number of carbonyl (C=O) groups is 1. The van der Waals surface area contributed by atoms with Crippen LogP contribution in [0.15, 0.2) is 196 Å². The summed E-state index contributed by atoms with van der Waals surface area (Å²) in [6, 6.07) is 41.3. The number of nitrogens with zero attached hydrogens (tertiary/aromatic N) is 10. The van der Waals surface area contributed by atoms with Crippen LogP contribution in [-0.4, -0.2) is 73.2 Å². The van der Waals surface area contributed by atoms with Gasteiger partial charge in [-0.25, -0.2) is 9.97 Å². The molecule has 0 saturated carbocycles. The molecule has 0 amide bonds. The number of Topliss-reactive ketones (excluding diaryl/α,β-unsaturated/α-hetero) is 1. The van der Waals surface area contributed by atoms with Gasteiger partial charge in [0.1, 0.15) is 28.3 Å². The van der Waals surface area contributed by atoms with Gasteiger partial charge in [-0.3, -0.25) is 39.5 Å². The fourth-order valence-corrected chi connectivity index (χ4v) is 9.76. The third kappa shape index (κ3) is 18.4. The van der Waals surface area contributed by atoms with E-state index in [0.717, 1.165) is 71.5 Å². The van der Waals surface area contributed by atoms with E-state index in [2.05, 4.69) is 109 Å². The average Bonchev–Trinajstić information content (AvgIpc) is 3.59. The Hall–Kier alpha value is -7.29. The number of methoxy groups -OCH3 is 1. The van der Waals surface area contributed by atoms with Crippen molar-refractivity contribution in [3.8, 4) is 5.75 Å². The SMILES string of the molecule is Brc1ccc2cnccc2c1.CC(=O)c1nccc2cc(Br)ccc12.CC(F)(F)c1nccc2cc(Br)ccc12.CC(F)(F)c1nccc2cc(Nc3[nH]nc4nccnc34)ccc12.COc1ccc(Cn2nc(N)c3ncccc32)cc1.O.[Cl][Au]([Cl])[Cl]. The van der Waals surface area contributed by atoms with Crippen LogP contribution in [0.4, 0.5) is 34.9 Å². The van der Waals surface area contributed by atoms with Crippen molar-refractivity contribution in [3.63, 3.8) is 0 Å². The number of hydrogen-bond donors (Lipinski definition) is 3. The van der Waals surface area contributed by atoms with Crippen molar-refractivity contribution in [2.24, 2.45) is 0 Å². The number of carbonyl (C=O) groups excluding carboxylic acids is 1. The summed E-state index contributed by atoms with van der Waals surface area (Å²) in [5.74, 6) is -4.01. The zero-order valence-corrected chi connectivity index (χ0v) is 55.7. The van der Waals surface area contributed by atoms with Gasteiger partial charge in [0.15, 0.2) is 22.9 Å². The Bertz CT molecular complexity index is 4510. The quantitative estimate of drug-likeness (QED) is 0.0731. The first-order chi connectivity index (χ1) is 41.6. The van der Waals surface area contributed by atoms with E-state index in [1.54, 1.807) is 86.6 Å². The van der Waals surface area contributed by atoms with Crippen molar-refractivity contribution in [1.29, 1.82) is 0 Å². The predicted octanol–water partition coefficient (Wildman–Crippen LogP) is 17.4. The number of pyridine rings is 5. The first-order valence-corrected chi connectivity index (χ1v) is 36.0. The zero-order chi connectivity index (χ0) is 62.4. The Morgan fingerprint density at radius 1 is 0.636 bits per heavy atom. The number of alkyl halides is 4. The molecule has 16 nitrogen and oxygen atoms in total. The molecule has 5 aromatic carbocycles. The van der Waals surface area contributed by atoms with Gasteiger partial charge in [-0.15, -0.1) is 0 Å². The monoisotopic (exact) mass is 1630 g/mol. The summed E-state index contributed by atoms with van der Waals surface area (Å²) in [6.07, 6.45) is 13.0. The third-order valence-electron chi connectivity index (χ3n) is 12.5. The Balaban J connectivity index is 0.000000157. The maximum atomic E-state index is 13.7. The summed E-state index contributed by atoms with van der Waals surface area (Å²) in [5, 5.41) is 21.0. The van der Waals surface area contributed by atoms with E-state index < -0.39 is 27.0 Å². The van der Waals surface area contributed by atoms with Gasteiger partial charge < -0.3 is 21.3 Å². The first-order valence-electron chi connectivity index (χ1n) is 25.5. The molecule has 0 saturated heterocycles. The van der Waals surface area contributed by atoms with Crippen LogP contribution in [0.5, 0.6) is 5.75 Å². The molecule has 13 rings (SSSR count). The molecule has 6 N–H and O–H groups in total. The Morgan fingerprint density at radius 3 is 1.78 bits per heavy atom. The summed E-state index contributed by atoms with van der Waals surface area (Å²) >= 11 is 8.31. The molecule has 0 fully saturated rings. The van der Waals surface area contributed by atoms with Crippen molar-refractivity contribution < 1.29 is 47.8 Å². The summed E-state index contributed by atoms with van der Waals surface area (Å²) in [7, 11) is 16.5. The van der Waals surface area contributed by atoms with Gasteiger partial charge >= 0.3 is 42.8 Å². The number of nitrogen functional groups attached to an aromatic ring is 1. The molecule has 0 aliphatic carbocycles. The van der Waals surface area contributed by atoms with E-state index >= 15 is 0 Å². The second-order valence-corrected chi connectivity index (χ2v) is 30.8. The number of rotatable bonds is 8. The summed E-state index contributed by atoms with van der Waals surface area (Å²) in [6.45, 7) is 3.89. The number of aromatic nitrogens is 11. The molecule has 0 radical (unpaired) electrons. The van der Waals surface area contributed by atoms with Crippen LogP contribution >= 0.6 is 75.4 Å². The molecule has 0 aliphatic rings. The minimum absolute atomic E-state index is 0. The number of ether oxygens (including phenoxy) is 1. The Labute approximate surface area is 544 Å². The first kappa shape index (κ1) is 68.2. The molecule has 0 atom stereocenters. The van der Waals surface area contributed by atoms with E-state index in [1.807, 2.05) is 89.7 Å². The van der Waals surface area contributed by atoms with Gasteiger partial charge in [-0.05, 0) is 124 Å². The molecule has 0 unspecified atom stereocenters. The van der Waals surface area contributed by atoms with Crippen molar-refractivity contribution in [1.82, 2.24) is 54.9 Å². The zero-order valence-electron chi connectivity index (χ0n) is 46.5. The molecular formula is C61H50AuBr3Cl3F4N13O3. The number of benzene rings is 5. The van der Waals surface area contributed by atoms with Gasteiger partial charge in [0.2, 0.25) is 5.65 Å². The van der Waals surface area contributed by atoms with Crippen molar-refractivity contribution in [3.05, 3.63) is 219 Å². The molecule has 88 heavy (non-hydrogen) atoms. The van der Waals surface area contributed by atoms with Gasteiger partial charge in [-0.1, -0.05) is 84.2 Å². The summed E-state index contributed by atoms with van der Waals surface area (Å²) < 4.78 is 63.7. The van der Waals surface area contributed by atoms with Gasteiger partial charge in [0.05, 0.1) is 19.2 Å². The van der Waals surface area contributed by atoms with E-state index in [-0.39, 0.29) is 22.6 Å². The van der Waals surface area contributed by atoms with Crippen LogP contribution in [-0.2, 0) is 33.6 Å². The molecule has 8 heterocycles. The van der Waals surface area contributed by atoms with Crippen molar-refractivity contribution in [2.45, 2.75) is 39.2 Å². The summed E-state index contributed by atoms with van der Waals surface area (Å²) in [4.78, 5) is 39.5. The molecule has 13 aromatic rings. The number of fused-ring (bicyclic) bond motifs is 6. The molecule has 27 heteroatoms. The maximum absolute atomic E-state index is 13.7. The number of H-pyrrole nitrogens is 1. The molecule has 0 bridgehead atoms. The third-order valence-corrected chi connectivity index (χ3v) is 14.0. The van der Waals surface area contributed by atoms with Crippen molar-refractivity contribution >= 4 is 164 Å². The van der Waals surface area contributed by atoms with Crippen LogP contribution in [0.3, 0.4) is 0 Å². The van der Waals surface area contributed by atoms with Crippen LogP contribution < -0.4 is 15.8 Å². The Kier molecular flexibility index (Phi) is 24.2. The van der Waals surface area contributed by atoms with Crippen LogP contribution in [0.2, 0.25) is 0 Å². The number of hydrogen-bond acceptors (Lipinski definition) is 13. The minimum atomic E-state index is -3.00. The number of nitrogens with one attached hydrogen (secondary N) is 2. The van der Waals surface area contributed by atoms with Gasteiger partial charge in [0.25, 0.3) is 11.8 Å². The Morgan fingerprint density at radius 2 is 1.17 bits per heavy atom. The topological polar surface area (TPSA) is 233 Å². The fraction of sp³-hybridized carbons (Fsp3) is 0.115. The number of anilines is 3. The van der Waals surface area contributed by atoms with Gasteiger partial charge in [0, 0.05) is 111 Å². The molecular weight excluding hydrogens is 1580 g/mol. The number of halogens is 10. The van der Waals surface area contributed by atoms with E-state index in [1.165, 1.54) is 30.1 Å². The van der Waals surface area contributed by atoms with E-state index in [0.29, 0.717) is 51.2 Å². The number of aromatic amines is 1. The second-order valence-electron chi connectivity index (χ2n) is 18.7. The number of nitrogens with two attached hydrogens (primary N) is 1. The second kappa shape index (κ2) is 31.2. The van der Waals surface area contributed by atoms with Gasteiger partial charge in [-0.2, -0.15) is 27.8 Å². The van der Waals surface area contributed by atoms with E-state index in [9.17, 15) is 22.4 Å². The summed E-state index contributed by atoms with van der Waals surface area (Å²) in [5.41, 5.74) is 10.6. The standard InChI is InChI=1S/C16H12F2N6.C14H14N4O.C11H8BrF2N.C11H8BrNO.C9H6BrN.Au.3ClH.H2O/c1-16(17,18)13-11-3-2-10(8-9(11)4-5-20-13)22-15-12-14(23-24-15)21-7-6-19-12;1-19-11-6-4-10(5-7-11)9-18-12-3-2-8-16-13(12)14(15)17-18;1-11(13,14)10-9-3-2-8(12)6-7(9)4-5-15-10;1-7(14)11-10-3-2-9(12)6-8(10)4-5-13-11;10-9-2-1-8-6-11-4-3-7(8)5-9;;;;;/h2-8H,1H3,(H2,21,22,23,24);2-8H,9H2,1H3,(H2,15,17);2-6H,1H3;2-6H,1H3;1-6H;;3*1H;1H2/q;;;;;+3;;;;/p-3. The van der Waals surface area contributed by atoms with Crippen LogP contribution in [0.25, 0.3) is 65.3 Å². The number of ketones is 1. The average molecular weight is 1630 g/mol. The molecule has 8 aromatic heterocycles. The van der Waals surface area contributed by atoms with Crippen molar-refractivity contribution in [2.75, 3.05) is 18.2 Å².